The van der Waals surface area contributed by atoms with Gasteiger partial charge >= 0.3 is 6.18 Å². The van der Waals surface area contributed by atoms with Gasteiger partial charge in [0.05, 0.1) is 5.56 Å². The van der Waals surface area contributed by atoms with Crippen LogP contribution in [0.1, 0.15) is 46.8 Å². The fourth-order valence-electron chi connectivity index (χ4n) is 5.89. The van der Waals surface area contributed by atoms with Gasteiger partial charge in [-0.25, -0.2) is 0 Å². The van der Waals surface area contributed by atoms with Crippen LogP contribution in [-0.4, -0.2) is 33.3 Å². The van der Waals surface area contributed by atoms with Gasteiger partial charge in [-0.2, -0.15) is 23.3 Å². The average molecular weight is 507 g/mol. The molecule has 4 N–H and O–H groups in total. The van der Waals surface area contributed by atoms with Crippen molar-refractivity contribution in [2.75, 3.05) is 18.0 Å². The summed E-state index contributed by atoms with van der Waals surface area (Å²) in [5.41, 5.74) is 7.93. The first kappa shape index (κ1) is 23.5. The van der Waals surface area contributed by atoms with Crippen LogP contribution in [0.3, 0.4) is 0 Å². The lowest BCUT2D eigenvalue weighted by molar-refractivity contribution is -0.137. The molecule has 3 heterocycles. The number of benzene rings is 2. The monoisotopic (exact) mass is 506 g/mol. The minimum atomic E-state index is -4.57. The summed E-state index contributed by atoms with van der Waals surface area (Å²) in [6, 6.07) is 13.4. The summed E-state index contributed by atoms with van der Waals surface area (Å²) in [6.45, 7) is 5.16. The van der Waals surface area contributed by atoms with Crippen molar-refractivity contribution in [1.29, 1.82) is 0 Å². The quantitative estimate of drug-likeness (QED) is 0.378. The highest BCUT2D eigenvalue weighted by molar-refractivity contribution is 5.93. The molecule has 0 bridgehead atoms. The standard InChI is InChI=1S/C27H25F3N6O/c1-15(17-7-4-5-9-19(17)27(28,29)30)21-20-23(35-34-21)32-25(33-24(20)37)36-12-10-26(11-13-36)14-16-6-2-3-8-18(16)22(26)31/h2-9,22H,1,10-14,31H2,(H2,32,33,34,35,37)/t22-/m1/s1. The Balaban J connectivity index is 1.27. The van der Waals surface area contributed by atoms with E-state index in [-0.39, 0.29) is 39.3 Å². The Bertz CT molecular complexity index is 1580. The van der Waals surface area contributed by atoms with E-state index in [0.717, 1.165) is 25.3 Å². The molecule has 1 spiro atoms. The number of hydrogen-bond acceptors (Lipinski definition) is 5. The average Bonchev–Trinajstić information content (AvgIpc) is 3.43. The number of alkyl halides is 3. The first-order chi connectivity index (χ1) is 17.7. The molecule has 190 valence electrons. The number of halogens is 3. The van der Waals surface area contributed by atoms with Crippen molar-refractivity contribution in [3.8, 4) is 0 Å². The van der Waals surface area contributed by atoms with Crippen molar-refractivity contribution in [2.24, 2.45) is 11.1 Å². The summed E-state index contributed by atoms with van der Waals surface area (Å²) >= 11 is 0. The van der Waals surface area contributed by atoms with Gasteiger partial charge < -0.3 is 10.6 Å². The Labute approximate surface area is 210 Å². The van der Waals surface area contributed by atoms with Crippen LogP contribution in [0.4, 0.5) is 19.1 Å². The first-order valence-electron chi connectivity index (χ1n) is 12.1. The van der Waals surface area contributed by atoms with Gasteiger partial charge in [-0.15, -0.1) is 0 Å². The van der Waals surface area contributed by atoms with Crippen LogP contribution in [0, 0.1) is 5.41 Å². The Morgan fingerprint density at radius 2 is 1.81 bits per heavy atom. The zero-order valence-corrected chi connectivity index (χ0v) is 19.9. The third kappa shape index (κ3) is 3.74. The van der Waals surface area contributed by atoms with Crippen LogP contribution in [0.15, 0.2) is 59.9 Å². The summed E-state index contributed by atoms with van der Waals surface area (Å²) in [4.78, 5) is 22.5. The molecule has 0 radical (unpaired) electrons. The van der Waals surface area contributed by atoms with Crippen LogP contribution in [0.5, 0.6) is 0 Å². The highest BCUT2D eigenvalue weighted by Crippen LogP contribution is 2.50. The molecule has 37 heavy (non-hydrogen) atoms. The Morgan fingerprint density at radius 3 is 2.54 bits per heavy atom. The Kier molecular flexibility index (Phi) is 5.27. The molecule has 2 aliphatic rings. The number of aromatic nitrogens is 4. The van der Waals surface area contributed by atoms with Crippen molar-refractivity contribution in [3.05, 3.63) is 93.4 Å². The lowest BCUT2D eigenvalue weighted by Crippen LogP contribution is -2.45. The number of nitrogens with one attached hydrogen (secondary N) is 2. The molecule has 2 aromatic heterocycles. The summed E-state index contributed by atoms with van der Waals surface area (Å²) in [5, 5.41) is 6.91. The predicted octanol–water partition coefficient (Wildman–Crippen LogP) is 4.57. The molecule has 0 saturated carbocycles. The molecule has 1 fully saturated rings. The lowest BCUT2D eigenvalue weighted by atomic mass is 9.73. The molecule has 1 atom stereocenters. The summed E-state index contributed by atoms with van der Waals surface area (Å²) < 4.78 is 40.7. The van der Waals surface area contributed by atoms with E-state index in [9.17, 15) is 18.0 Å². The number of rotatable bonds is 3. The molecular weight excluding hydrogens is 481 g/mol. The van der Waals surface area contributed by atoms with E-state index in [1.807, 2.05) is 17.0 Å². The zero-order chi connectivity index (χ0) is 25.9. The summed E-state index contributed by atoms with van der Waals surface area (Å²) in [6.07, 6.45) is -1.93. The van der Waals surface area contributed by atoms with Gasteiger partial charge in [-0.1, -0.05) is 49.0 Å². The number of nitrogens with two attached hydrogens (primary N) is 1. The number of anilines is 1. The van der Waals surface area contributed by atoms with Crippen molar-refractivity contribution < 1.29 is 13.2 Å². The van der Waals surface area contributed by atoms with Crippen molar-refractivity contribution >= 4 is 22.6 Å². The molecule has 1 aliphatic carbocycles. The summed E-state index contributed by atoms with van der Waals surface area (Å²) in [5.74, 6) is 0.396. The van der Waals surface area contributed by atoms with Crippen LogP contribution in [0.2, 0.25) is 0 Å². The molecule has 1 aliphatic heterocycles. The predicted molar refractivity (Wildman–Crippen MR) is 135 cm³/mol. The van der Waals surface area contributed by atoms with Gasteiger partial charge in [-0.3, -0.25) is 14.9 Å². The number of nitrogens with zero attached hydrogens (tertiary/aromatic N) is 3. The van der Waals surface area contributed by atoms with Crippen LogP contribution in [-0.2, 0) is 12.6 Å². The molecule has 4 aromatic rings. The van der Waals surface area contributed by atoms with Crippen molar-refractivity contribution in [2.45, 2.75) is 31.5 Å². The van der Waals surface area contributed by atoms with E-state index in [4.69, 9.17) is 5.73 Å². The number of piperidine rings is 1. The number of hydrogen-bond donors (Lipinski definition) is 3. The van der Waals surface area contributed by atoms with Gasteiger partial charge in [-0.05, 0) is 47.4 Å². The van der Waals surface area contributed by atoms with Gasteiger partial charge in [0.25, 0.3) is 5.56 Å². The van der Waals surface area contributed by atoms with E-state index >= 15 is 0 Å². The maximum Gasteiger partial charge on any atom is 0.417 e. The van der Waals surface area contributed by atoms with Crippen molar-refractivity contribution in [1.82, 2.24) is 20.2 Å². The second-order valence-electron chi connectivity index (χ2n) is 9.91. The largest absolute Gasteiger partial charge is 0.417 e. The Morgan fingerprint density at radius 1 is 1.11 bits per heavy atom. The topological polar surface area (TPSA) is 104 Å². The second kappa shape index (κ2) is 8.31. The summed E-state index contributed by atoms with van der Waals surface area (Å²) in [7, 11) is 0. The molecule has 1 saturated heterocycles. The molecule has 7 nitrogen and oxygen atoms in total. The van der Waals surface area contributed by atoms with Crippen LogP contribution in [0.25, 0.3) is 16.6 Å². The van der Waals surface area contributed by atoms with E-state index in [2.05, 4.69) is 38.9 Å². The SMILES string of the molecule is C=C(c1ccccc1C(F)(F)F)c1n[nH]c2nc(N3CCC4(CC3)Cc3ccccc3[C@H]4N)[nH]c(=O)c12. The van der Waals surface area contributed by atoms with Gasteiger partial charge in [0.15, 0.2) is 5.65 Å². The smallest absolute Gasteiger partial charge is 0.342 e. The number of aromatic amines is 2. The van der Waals surface area contributed by atoms with Crippen LogP contribution >= 0.6 is 0 Å². The Hall–Kier alpha value is -3.92. The van der Waals surface area contributed by atoms with Crippen molar-refractivity contribution in [3.63, 3.8) is 0 Å². The van der Waals surface area contributed by atoms with E-state index in [1.165, 1.54) is 29.3 Å². The maximum atomic E-state index is 13.6. The van der Waals surface area contributed by atoms with Crippen LogP contribution < -0.4 is 16.2 Å². The fourth-order valence-corrected chi connectivity index (χ4v) is 5.89. The lowest BCUT2D eigenvalue weighted by Gasteiger charge is -2.42. The minimum absolute atomic E-state index is 0.00562. The highest BCUT2D eigenvalue weighted by atomic mass is 19.4. The third-order valence-electron chi connectivity index (χ3n) is 7.91. The van der Waals surface area contributed by atoms with E-state index in [0.29, 0.717) is 19.0 Å². The number of fused-ring (bicyclic) bond motifs is 2. The van der Waals surface area contributed by atoms with Gasteiger partial charge in [0.2, 0.25) is 5.95 Å². The molecule has 0 unspecified atom stereocenters. The van der Waals surface area contributed by atoms with E-state index in [1.54, 1.807) is 0 Å². The molecule has 6 rings (SSSR count). The van der Waals surface area contributed by atoms with E-state index < -0.39 is 17.3 Å². The van der Waals surface area contributed by atoms with Gasteiger partial charge in [0, 0.05) is 24.7 Å². The zero-order valence-electron chi connectivity index (χ0n) is 19.9. The fraction of sp³-hybridized carbons (Fsp3) is 0.296. The molecule has 0 amide bonds. The van der Waals surface area contributed by atoms with Gasteiger partial charge in [0.1, 0.15) is 11.1 Å². The highest BCUT2D eigenvalue weighted by Gasteiger charge is 2.46. The molecular formula is C27H25F3N6O. The maximum absolute atomic E-state index is 13.6. The third-order valence-corrected chi connectivity index (χ3v) is 7.91. The molecule has 10 heteroatoms. The molecule has 2 aromatic carbocycles. The minimum Gasteiger partial charge on any atom is -0.342 e. The first-order valence-corrected chi connectivity index (χ1v) is 12.1. The normalized spacial score (nSPS) is 18.9. The second-order valence-corrected chi connectivity index (χ2v) is 9.91. The number of H-pyrrole nitrogens is 2.